The predicted molar refractivity (Wildman–Crippen MR) is 390 cm³/mol. The minimum atomic E-state index is 1.13. The standard InChI is InChI=1S/C88H61N3/c1-58(29-30-60-33-47-71(48-34-60)91-83-26-10-7-21-77(83)80-50-40-68(57-88(80)91)72-19-5-3-15-59(72)2)53-63-39-49-76-65(54-63)18-14-25-75(76)67-42-52-87-82(56-67)79-23-9-12-28-85(79)90(87)70-45-37-62(38-46-70)32-31-61-35-43-69(44-36-61)89-84-27-11-8-22-78(84)81-55-66(41-51-86(81)89)74-24-13-17-64-16-4-6-20-73(64)74/h3-57H,1-2H3. The monoisotopic (exact) mass is 1160 g/mol. The van der Waals surface area contributed by atoms with Crippen LogP contribution in [0.25, 0.3) is 162 Å². The molecule has 3 heteroatoms. The summed E-state index contributed by atoms with van der Waals surface area (Å²) >= 11 is 0. The average Bonchev–Trinajstić information content (AvgIpc) is 1.91. The summed E-state index contributed by atoms with van der Waals surface area (Å²) in [6, 6.07) is 111. The van der Waals surface area contributed by atoms with Crippen LogP contribution in [0.5, 0.6) is 0 Å². The molecule has 0 atom stereocenters. The molecule has 0 spiro atoms. The van der Waals surface area contributed by atoms with Crippen LogP contribution in [0.1, 0.15) is 34.7 Å². The maximum atomic E-state index is 2.41. The number of para-hydroxylation sites is 3. The molecule has 17 rings (SSSR count). The molecule has 0 radical (unpaired) electrons. The number of allylic oxidation sites excluding steroid dienone is 2. The Labute approximate surface area is 528 Å². The van der Waals surface area contributed by atoms with Crippen LogP contribution in [0.4, 0.5) is 0 Å². The van der Waals surface area contributed by atoms with Crippen molar-refractivity contribution >= 4 is 111 Å². The molecule has 3 nitrogen and oxygen atoms in total. The summed E-state index contributed by atoms with van der Waals surface area (Å²) in [6.45, 7) is 4.37. The molecule has 91 heavy (non-hydrogen) atoms. The number of benzene rings is 14. The van der Waals surface area contributed by atoms with Crippen LogP contribution in [0.2, 0.25) is 0 Å². The highest BCUT2D eigenvalue weighted by atomic mass is 15.0. The molecule has 0 aliphatic heterocycles. The molecule has 0 fully saturated rings. The van der Waals surface area contributed by atoms with Crippen LogP contribution in [-0.2, 0) is 0 Å². The normalized spacial score (nSPS) is 12.3. The second-order valence-electron chi connectivity index (χ2n) is 24.2. The predicted octanol–water partition coefficient (Wildman–Crippen LogP) is 23.9. The maximum Gasteiger partial charge on any atom is 0.0547 e. The van der Waals surface area contributed by atoms with E-state index in [9.17, 15) is 0 Å². The number of hydrogen-bond donors (Lipinski definition) is 0. The van der Waals surface area contributed by atoms with Gasteiger partial charge in [-0.15, -0.1) is 0 Å². The van der Waals surface area contributed by atoms with Gasteiger partial charge in [-0.25, -0.2) is 0 Å². The van der Waals surface area contributed by atoms with Gasteiger partial charge in [-0.3, -0.25) is 0 Å². The van der Waals surface area contributed by atoms with Gasteiger partial charge in [0.2, 0.25) is 0 Å². The fourth-order valence-electron chi connectivity index (χ4n) is 14.2. The molecule has 0 amide bonds. The lowest BCUT2D eigenvalue weighted by Gasteiger charge is -2.11. The Balaban J connectivity index is 0.603. The van der Waals surface area contributed by atoms with Crippen molar-refractivity contribution in [3.8, 4) is 50.4 Å². The van der Waals surface area contributed by atoms with Crippen molar-refractivity contribution in [2.75, 3.05) is 0 Å². The first-order chi connectivity index (χ1) is 44.9. The Hall–Kier alpha value is -11.8. The lowest BCUT2D eigenvalue weighted by Crippen LogP contribution is -1.94. The summed E-state index contributed by atoms with van der Waals surface area (Å²) < 4.78 is 7.21. The molecule has 0 aliphatic rings. The molecule has 0 unspecified atom stereocenters. The molecule has 428 valence electrons. The second-order valence-corrected chi connectivity index (χ2v) is 24.2. The van der Waals surface area contributed by atoms with Gasteiger partial charge < -0.3 is 13.7 Å². The molecular formula is C88H61N3. The van der Waals surface area contributed by atoms with Gasteiger partial charge in [0, 0.05) is 49.4 Å². The zero-order chi connectivity index (χ0) is 60.5. The van der Waals surface area contributed by atoms with E-state index < -0.39 is 0 Å². The Morgan fingerprint density at radius 2 is 0.648 bits per heavy atom. The van der Waals surface area contributed by atoms with Crippen molar-refractivity contribution in [2.45, 2.75) is 13.8 Å². The zero-order valence-corrected chi connectivity index (χ0v) is 50.6. The Bertz CT molecular complexity index is 5820. The van der Waals surface area contributed by atoms with E-state index in [2.05, 4.69) is 361 Å². The maximum absolute atomic E-state index is 2.41. The van der Waals surface area contributed by atoms with E-state index in [-0.39, 0.29) is 0 Å². The van der Waals surface area contributed by atoms with Crippen LogP contribution >= 0.6 is 0 Å². The van der Waals surface area contributed by atoms with Crippen molar-refractivity contribution in [3.63, 3.8) is 0 Å². The van der Waals surface area contributed by atoms with Gasteiger partial charge in [-0.05, 0) is 188 Å². The third-order valence-electron chi connectivity index (χ3n) is 18.6. The van der Waals surface area contributed by atoms with E-state index in [1.807, 2.05) is 0 Å². The highest BCUT2D eigenvalue weighted by Crippen LogP contribution is 2.41. The van der Waals surface area contributed by atoms with Crippen molar-refractivity contribution in [1.29, 1.82) is 0 Å². The van der Waals surface area contributed by atoms with Crippen molar-refractivity contribution in [3.05, 3.63) is 343 Å². The topological polar surface area (TPSA) is 14.8 Å². The molecule has 17 aromatic rings. The highest BCUT2D eigenvalue weighted by Gasteiger charge is 2.18. The first-order valence-corrected chi connectivity index (χ1v) is 31.5. The van der Waals surface area contributed by atoms with E-state index in [0.29, 0.717) is 0 Å². The van der Waals surface area contributed by atoms with Gasteiger partial charge in [0.15, 0.2) is 0 Å². The quantitative estimate of drug-likeness (QED) is 0.0906. The number of hydrogen-bond acceptors (Lipinski definition) is 0. The van der Waals surface area contributed by atoms with Crippen LogP contribution < -0.4 is 0 Å². The van der Waals surface area contributed by atoms with E-state index in [0.717, 1.165) is 33.8 Å². The Kier molecular flexibility index (Phi) is 13.0. The summed E-state index contributed by atoms with van der Waals surface area (Å²) in [4.78, 5) is 0. The van der Waals surface area contributed by atoms with Gasteiger partial charge >= 0.3 is 0 Å². The van der Waals surface area contributed by atoms with Gasteiger partial charge in [0.05, 0.1) is 33.1 Å². The molecule has 0 saturated carbocycles. The number of aryl methyl sites for hydroxylation is 1. The summed E-state index contributed by atoms with van der Waals surface area (Å²) in [5, 5.41) is 12.5. The largest absolute Gasteiger partial charge is 0.309 e. The van der Waals surface area contributed by atoms with Gasteiger partial charge in [0.25, 0.3) is 0 Å². The lowest BCUT2D eigenvalue weighted by atomic mass is 9.95. The Morgan fingerprint density at radius 3 is 1.22 bits per heavy atom. The fourth-order valence-corrected chi connectivity index (χ4v) is 14.2. The number of nitrogens with zero attached hydrogens (tertiary/aromatic N) is 3. The highest BCUT2D eigenvalue weighted by molar-refractivity contribution is 6.14. The lowest BCUT2D eigenvalue weighted by molar-refractivity contribution is 1.18. The molecule has 14 aromatic carbocycles. The Morgan fingerprint density at radius 1 is 0.264 bits per heavy atom. The SMILES string of the molecule is CC(C=Cc1ccc(-n2c3ccccc3c3ccc(-c4ccccc4C)cc32)cc1)=Cc1ccc2c(-c3ccc4c(c3)c3ccccc3n4-c3ccc(C=Cc4ccc(-n5c6ccccc6c6cc(-c7cccc8ccccc78)ccc65)cc4)cc3)cccc2c1. The summed E-state index contributed by atoms with van der Waals surface area (Å²) in [7, 11) is 0. The summed E-state index contributed by atoms with van der Waals surface area (Å²) in [5.74, 6) is 0. The minimum Gasteiger partial charge on any atom is -0.309 e. The van der Waals surface area contributed by atoms with Crippen LogP contribution in [0, 0.1) is 6.92 Å². The van der Waals surface area contributed by atoms with Crippen LogP contribution in [0.3, 0.4) is 0 Å². The summed E-state index contributed by atoms with van der Waals surface area (Å²) in [6.07, 6.45) is 11.1. The molecule has 0 bridgehead atoms. The van der Waals surface area contributed by atoms with E-state index in [1.165, 1.54) is 137 Å². The minimum absolute atomic E-state index is 1.13. The van der Waals surface area contributed by atoms with E-state index in [4.69, 9.17) is 0 Å². The molecule has 3 aromatic heterocycles. The van der Waals surface area contributed by atoms with Gasteiger partial charge in [-0.2, -0.15) is 0 Å². The molecule has 0 saturated heterocycles. The van der Waals surface area contributed by atoms with Gasteiger partial charge in [0.1, 0.15) is 0 Å². The second kappa shape index (κ2) is 22.1. The third-order valence-corrected chi connectivity index (χ3v) is 18.6. The average molecular weight is 1160 g/mol. The van der Waals surface area contributed by atoms with Crippen LogP contribution in [0.15, 0.2) is 315 Å². The fraction of sp³-hybridized carbons (Fsp3) is 0.0227. The molecular weight excluding hydrogens is 1100 g/mol. The van der Waals surface area contributed by atoms with Crippen molar-refractivity contribution in [1.82, 2.24) is 13.7 Å². The van der Waals surface area contributed by atoms with Crippen molar-refractivity contribution < 1.29 is 0 Å². The zero-order valence-electron chi connectivity index (χ0n) is 50.6. The first-order valence-electron chi connectivity index (χ1n) is 31.5. The van der Waals surface area contributed by atoms with Crippen molar-refractivity contribution in [2.24, 2.45) is 0 Å². The number of aromatic nitrogens is 3. The van der Waals surface area contributed by atoms with E-state index in [1.54, 1.807) is 0 Å². The molecule has 0 N–H and O–H groups in total. The molecule has 3 heterocycles. The van der Waals surface area contributed by atoms with Gasteiger partial charge in [-0.1, -0.05) is 248 Å². The number of rotatable bonds is 11. The first kappa shape index (κ1) is 53.5. The smallest absolute Gasteiger partial charge is 0.0547 e. The third kappa shape index (κ3) is 9.46. The van der Waals surface area contributed by atoms with Crippen LogP contribution in [-0.4, -0.2) is 13.7 Å². The summed E-state index contributed by atoms with van der Waals surface area (Å²) in [5.41, 5.74) is 25.1. The molecule has 0 aliphatic carbocycles. The number of fused-ring (bicyclic) bond motifs is 11. The van der Waals surface area contributed by atoms with E-state index >= 15 is 0 Å².